The minimum Gasteiger partial charge on any atom is -0.379 e. The first-order valence-corrected chi connectivity index (χ1v) is 13.1. The lowest BCUT2D eigenvalue weighted by molar-refractivity contribution is 0.0209. The number of hydrogen-bond donors (Lipinski definition) is 0. The molecule has 4 rings (SSSR count). The summed E-state index contributed by atoms with van der Waals surface area (Å²) < 4.78 is 9.57. The fourth-order valence-corrected chi connectivity index (χ4v) is 4.87. The number of morpholine rings is 1. The second kappa shape index (κ2) is 11.8. The Bertz CT molecular complexity index is 1210. The molecule has 0 aliphatic carbocycles. The minimum atomic E-state index is -0.0189. The van der Waals surface area contributed by atoms with Gasteiger partial charge in [-0.05, 0) is 47.8 Å². The van der Waals surface area contributed by atoms with Crippen molar-refractivity contribution in [1.82, 2.24) is 19.4 Å². The molecule has 186 valence electrons. The summed E-state index contributed by atoms with van der Waals surface area (Å²) in [6, 6.07) is 14.1. The van der Waals surface area contributed by atoms with Crippen LogP contribution < -0.4 is 0 Å². The molecule has 3 aromatic rings. The van der Waals surface area contributed by atoms with Crippen LogP contribution in [0.1, 0.15) is 49.2 Å². The van der Waals surface area contributed by atoms with Gasteiger partial charge >= 0.3 is 0 Å². The number of benzene rings is 2. The van der Waals surface area contributed by atoms with Crippen LogP contribution in [0, 0.1) is 10.7 Å². The monoisotopic (exact) mass is 531 g/mol. The third-order valence-corrected chi connectivity index (χ3v) is 7.14. The van der Waals surface area contributed by atoms with Crippen LogP contribution in [0.2, 0.25) is 10.0 Å². The fourth-order valence-electron chi connectivity index (χ4n) is 4.13. The van der Waals surface area contributed by atoms with Crippen molar-refractivity contribution >= 4 is 41.6 Å². The molecule has 0 bridgehead atoms. The van der Waals surface area contributed by atoms with E-state index in [0.717, 1.165) is 30.9 Å². The van der Waals surface area contributed by atoms with Crippen LogP contribution >= 0.6 is 35.4 Å². The highest BCUT2D eigenvalue weighted by Gasteiger charge is 2.21. The molecule has 1 unspecified atom stereocenters. The van der Waals surface area contributed by atoms with Crippen molar-refractivity contribution in [2.45, 2.75) is 39.8 Å². The lowest BCUT2D eigenvalue weighted by Gasteiger charge is -2.26. The van der Waals surface area contributed by atoms with Gasteiger partial charge in [0.2, 0.25) is 4.77 Å². The number of nitrogens with zero attached hydrogens (tertiary/aromatic N) is 5. The Kier molecular flexibility index (Phi) is 8.78. The highest BCUT2D eigenvalue weighted by Crippen LogP contribution is 2.26. The summed E-state index contributed by atoms with van der Waals surface area (Å²) in [5.41, 5.74) is 3.13. The molecule has 0 amide bonds. The molecule has 0 saturated carbocycles. The van der Waals surface area contributed by atoms with E-state index in [9.17, 15) is 0 Å². The Morgan fingerprint density at radius 3 is 2.34 bits per heavy atom. The number of halogens is 2. The molecule has 1 atom stereocenters. The highest BCUT2D eigenvalue weighted by atomic mass is 35.5. The van der Waals surface area contributed by atoms with E-state index in [1.54, 1.807) is 23.0 Å². The van der Waals surface area contributed by atoms with Gasteiger partial charge in [0.15, 0.2) is 5.82 Å². The zero-order chi connectivity index (χ0) is 24.9. The van der Waals surface area contributed by atoms with Crippen LogP contribution in [0.25, 0.3) is 0 Å². The van der Waals surface area contributed by atoms with Gasteiger partial charge in [0.25, 0.3) is 0 Å². The van der Waals surface area contributed by atoms with Crippen LogP contribution in [0.4, 0.5) is 0 Å². The van der Waals surface area contributed by atoms with E-state index < -0.39 is 0 Å². The second-order valence-corrected chi connectivity index (χ2v) is 10.4. The Balaban J connectivity index is 1.70. The highest BCUT2D eigenvalue weighted by molar-refractivity contribution is 7.71. The van der Waals surface area contributed by atoms with Gasteiger partial charge in [0.05, 0.1) is 36.1 Å². The smallest absolute Gasteiger partial charge is 0.220 e. The maximum atomic E-state index is 6.37. The Morgan fingerprint density at radius 2 is 1.71 bits per heavy atom. The van der Waals surface area contributed by atoms with Gasteiger partial charge in [-0.2, -0.15) is 14.9 Å². The minimum absolute atomic E-state index is 0.0189. The van der Waals surface area contributed by atoms with E-state index in [4.69, 9.17) is 50.4 Å². The quantitative estimate of drug-likeness (QED) is 0.255. The molecule has 9 heteroatoms. The first-order chi connectivity index (χ1) is 16.8. The molecule has 0 radical (unpaired) electrons. The largest absolute Gasteiger partial charge is 0.379 e. The summed E-state index contributed by atoms with van der Waals surface area (Å²) in [7, 11) is 0. The van der Waals surface area contributed by atoms with Gasteiger partial charge in [-0.25, -0.2) is 4.68 Å². The number of ether oxygens (including phenoxy) is 1. The third kappa shape index (κ3) is 6.40. The van der Waals surface area contributed by atoms with Gasteiger partial charge in [-0.1, -0.05) is 74.3 Å². The molecule has 1 aliphatic rings. The van der Waals surface area contributed by atoms with Crippen LogP contribution in [0.5, 0.6) is 0 Å². The molecule has 1 fully saturated rings. The first-order valence-electron chi connectivity index (χ1n) is 11.9. The average Bonchev–Trinajstić information content (AvgIpc) is 3.14. The van der Waals surface area contributed by atoms with Crippen molar-refractivity contribution in [1.29, 1.82) is 0 Å². The van der Waals surface area contributed by atoms with E-state index >= 15 is 0 Å². The molecule has 1 aromatic heterocycles. The average molecular weight is 533 g/mol. The number of aromatic nitrogens is 3. The Labute approximate surface area is 222 Å². The van der Waals surface area contributed by atoms with Crippen molar-refractivity contribution in [3.63, 3.8) is 0 Å². The summed E-state index contributed by atoms with van der Waals surface area (Å²) in [5.74, 6) is 1.36. The predicted octanol–water partition coefficient (Wildman–Crippen LogP) is 6.24. The Morgan fingerprint density at radius 1 is 1.06 bits per heavy atom. The number of rotatable bonds is 8. The maximum absolute atomic E-state index is 6.37. The van der Waals surface area contributed by atoms with E-state index in [1.807, 2.05) is 10.7 Å². The molecule has 35 heavy (non-hydrogen) atoms. The lowest BCUT2D eigenvalue weighted by Crippen LogP contribution is -2.37. The van der Waals surface area contributed by atoms with Gasteiger partial charge in [0.1, 0.15) is 0 Å². The molecular weight excluding hydrogens is 501 g/mol. The van der Waals surface area contributed by atoms with E-state index in [2.05, 4.69) is 49.9 Å². The van der Waals surface area contributed by atoms with Gasteiger partial charge < -0.3 is 4.74 Å². The number of hydrogen-bond acceptors (Lipinski definition) is 5. The molecule has 0 N–H and O–H groups in total. The van der Waals surface area contributed by atoms with Gasteiger partial charge in [-0.3, -0.25) is 4.90 Å². The topological polar surface area (TPSA) is 47.6 Å². The lowest BCUT2D eigenvalue weighted by atomic mass is 9.96. The summed E-state index contributed by atoms with van der Waals surface area (Å²) >= 11 is 18.6. The molecule has 0 spiro atoms. The molecule has 6 nitrogen and oxygen atoms in total. The predicted molar refractivity (Wildman–Crippen MR) is 145 cm³/mol. The van der Waals surface area contributed by atoms with Crippen molar-refractivity contribution in [3.05, 3.63) is 79.8 Å². The second-order valence-electron chi connectivity index (χ2n) is 9.27. The molecule has 1 aliphatic heterocycles. The summed E-state index contributed by atoms with van der Waals surface area (Å²) in [4.78, 5) is 2.28. The third-order valence-electron chi connectivity index (χ3n) is 6.09. The molecule has 1 saturated heterocycles. The van der Waals surface area contributed by atoms with Crippen LogP contribution in [0.3, 0.4) is 0 Å². The normalized spacial score (nSPS) is 15.8. The molecular formula is C26H31Cl2N5OS. The summed E-state index contributed by atoms with van der Waals surface area (Å²) in [6.45, 7) is 10.3. The van der Waals surface area contributed by atoms with Gasteiger partial charge in [-0.15, -0.1) is 0 Å². The molecule has 2 heterocycles. The van der Waals surface area contributed by atoms with Crippen molar-refractivity contribution in [3.8, 4) is 0 Å². The zero-order valence-electron chi connectivity index (χ0n) is 20.3. The van der Waals surface area contributed by atoms with Gasteiger partial charge in [0, 0.05) is 24.6 Å². The fraction of sp³-hybridized carbons (Fsp3) is 0.423. The summed E-state index contributed by atoms with van der Waals surface area (Å²) in [6.07, 6.45) is 2.71. The maximum Gasteiger partial charge on any atom is 0.220 e. The zero-order valence-corrected chi connectivity index (χ0v) is 22.7. The van der Waals surface area contributed by atoms with Crippen LogP contribution in [-0.2, 0) is 17.8 Å². The SMILES string of the molecule is CC(C)Cc1ccc(C(C)c2nn(CN3CCOCC3)c(=S)n2/N=C/c2c(Cl)cccc2Cl)cc1. The standard InChI is InChI=1S/C26H31Cl2N5OS/c1-18(2)15-20-7-9-21(10-8-20)19(3)25-30-32(17-31-11-13-34-14-12-31)26(35)33(25)29-16-22-23(27)5-4-6-24(22)28/h4-10,16,18-19H,11-15,17H2,1-3H3/b29-16+. The van der Waals surface area contributed by atoms with Crippen molar-refractivity contribution in [2.24, 2.45) is 11.0 Å². The van der Waals surface area contributed by atoms with E-state index in [0.29, 0.717) is 46.2 Å². The first kappa shape index (κ1) is 26.0. The van der Waals surface area contributed by atoms with Crippen LogP contribution in [0.15, 0.2) is 47.6 Å². The Hall–Kier alpha value is -2.03. The van der Waals surface area contributed by atoms with Crippen molar-refractivity contribution < 1.29 is 4.74 Å². The molecule has 2 aromatic carbocycles. The van der Waals surface area contributed by atoms with Crippen molar-refractivity contribution in [2.75, 3.05) is 26.3 Å². The van der Waals surface area contributed by atoms with Crippen LogP contribution in [-0.4, -0.2) is 51.9 Å². The summed E-state index contributed by atoms with van der Waals surface area (Å²) in [5, 5.41) is 10.7. The van der Waals surface area contributed by atoms with E-state index in [-0.39, 0.29) is 5.92 Å². The van der Waals surface area contributed by atoms with E-state index in [1.165, 1.54) is 5.56 Å².